The summed E-state index contributed by atoms with van der Waals surface area (Å²) in [6, 6.07) is 3.43. The lowest BCUT2D eigenvalue weighted by atomic mass is 10.1. The molecule has 2 amide bonds. The quantitative estimate of drug-likeness (QED) is 0.652. The molecule has 0 fully saturated rings. The Morgan fingerprint density at radius 3 is 2.75 bits per heavy atom. The molecule has 2 heterocycles. The van der Waals surface area contributed by atoms with Crippen molar-refractivity contribution in [2.24, 2.45) is 0 Å². The highest BCUT2D eigenvalue weighted by Gasteiger charge is 2.23. The maximum Gasteiger partial charge on any atom is 0.262 e. The van der Waals surface area contributed by atoms with Crippen LogP contribution in [-0.2, 0) is 16.1 Å². The van der Waals surface area contributed by atoms with Crippen LogP contribution in [0.15, 0.2) is 40.8 Å². The summed E-state index contributed by atoms with van der Waals surface area (Å²) >= 11 is 1.34. The van der Waals surface area contributed by atoms with Crippen LogP contribution in [0.2, 0.25) is 0 Å². The van der Waals surface area contributed by atoms with Crippen molar-refractivity contribution in [3.63, 3.8) is 0 Å². The fraction of sp³-hybridized carbons (Fsp3) is 0.222. The van der Waals surface area contributed by atoms with Crippen molar-refractivity contribution < 1.29 is 18.4 Å². The molecular weight excluding hydrogens is 390 g/mol. The summed E-state index contributed by atoms with van der Waals surface area (Å²) in [4.78, 5) is 41.5. The van der Waals surface area contributed by atoms with Crippen molar-refractivity contribution >= 4 is 33.4 Å². The molecule has 0 spiro atoms. The zero-order valence-corrected chi connectivity index (χ0v) is 15.6. The molecule has 0 radical (unpaired) electrons. The van der Waals surface area contributed by atoms with Gasteiger partial charge >= 0.3 is 0 Å². The van der Waals surface area contributed by atoms with Crippen molar-refractivity contribution in [3.8, 4) is 0 Å². The van der Waals surface area contributed by atoms with Gasteiger partial charge in [0.1, 0.15) is 10.9 Å². The number of thiophene rings is 1. The topological polar surface area (TPSA) is 93.1 Å². The van der Waals surface area contributed by atoms with Gasteiger partial charge in [-0.25, -0.2) is 13.8 Å². The first-order valence-corrected chi connectivity index (χ1v) is 9.17. The third kappa shape index (κ3) is 4.06. The number of fused-ring (bicyclic) bond motifs is 1. The number of benzene rings is 1. The minimum atomic E-state index is -1.19. The average molecular weight is 406 g/mol. The summed E-state index contributed by atoms with van der Waals surface area (Å²) in [5.41, 5.74) is -0.160. The second-order valence-electron chi connectivity index (χ2n) is 5.92. The van der Waals surface area contributed by atoms with E-state index in [-0.39, 0.29) is 24.1 Å². The molecule has 0 bridgehead atoms. The molecule has 2 N–H and O–H groups in total. The molecule has 0 aliphatic carbocycles. The molecule has 0 saturated carbocycles. The third-order valence-corrected chi connectivity index (χ3v) is 4.94. The Hall–Kier alpha value is -3.14. The number of nitrogens with zero attached hydrogens (tertiary/aromatic N) is 2. The van der Waals surface area contributed by atoms with Gasteiger partial charge in [-0.2, -0.15) is 0 Å². The molecule has 1 unspecified atom stereocenters. The van der Waals surface area contributed by atoms with Gasteiger partial charge in [-0.05, 0) is 29.1 Å². The average Bonchev–Trinajstić information content (AvgIpc) is 3.17. The van der Waals surface area contributed by atoms with Crippen molar-refractivity contribution in [2.75, 3.05) is 7.05 Å². The Bertz CT molecular complexity index is 1100. The Balaban J connectivity index is 1.72. The van der Waals surface area contributed by atoms with Gasteiger partial charge < -0.3 is 10.6 Å². The SMILES string of the molecule is CNC(=O)C(NC(=O)CCn1cnc2sccc2c1=O)c1ccc(F)c(F)c1. The van der Waals surface area contributed by atoms with E-state index >= 15 is 0 Å². The van der Waals surface area contributed by atoms with Gasteiger partial charge in [0.25, 0.3) is 5.56 Å². The van der Waals surface area contributed by atoms with Crippen molar-refractivity contribution in [1.82, 2.24) is 20.2 Å². The molecule has 0 saturated heterocycles. The molecule has 3 aromatic rings. The standard InChI is InChI=1S/C18H16F2N4O3S/c1-21-16(26)15(10-2-3-12(19)13(20)8-10)23-14(25)4-6-24-9-22-17-11(18(24)27)5-7-28-17/h2-3,5,7-9,15H,4,6H2,1H3,(H,21,26)(H,23,25). The minimum Gasteiger partial charge on any atom is -0.357 e. The molecule has 0 aliphatic rings. The highest BCUT2D eigenvalue weighted by molar-refractivity contribution is 7.16. The number of carbonyl (C=O) groups is 2. The van der Waals surface area contributed by atoms with E-state index < -0.39 is 29.5 Å². The number of amides is 2. The zero-order chi connectivity index (χ0) is 20.3. The number of hydrogen-bond donors (Lipinski definition) is 2. The molecule has 28 heavy (non-hydrogen) atoms. The summed E-state index contributed by atoms with van der Waals surface area (Å²) < 4.78 is 27.9. The molecule has 1 atom stereocenters. The summed E-state index contributed by atoms with van der Waals surface area (Å²) in [6.45, 7) is 0.0572. The van der Waals surface area contributed by atoms with E-state index in [1.807, 2.05) is 0 Å². The lowest BCUT2D eigenvalue weighted by Gasteiger charge is -2.18. The van der Waals surface area contributed by atoms with Crippen LogP contribution in [0.5, 0.6) is 0 Å². The van der Waals surface area contributed by atoms with Gasteiger partial charge in [-0.1, -0.05) is 6.07 Å². The highest BCUT2D eigenvalue weighted by Crippen LogP contribution is 2.17. The van der Waals surface area contributed by atoms with Crippen LogP contribution < -0.4 is 16.2 Å². The number of aryl methyl sites for hydroxylation is 1. The fourth-order valence-electron chi connectivity index (χ4n) is 2.64. The summed E-state index contributed by atoms with van der Waals surface area (Å²) in [6.07, 6.45) is 1.26. The van der Waals surface area contributed by atoms with E-state index in [1.165, 1.54) is 35.3 Å². The number of halogens is 2. The van der Waals surface area contributed by atoms with Crippen LogP contribution >= 0.6 is 11.3 Å². The fourth-order valence-corrected chi connectivity index (χ4v) is 3.37. The van der Waals surface area contributed by atoms with E-state index in [1.54, 1.807) is 11.4 Å². The first-order valence-electron chi connectivity index (χ1n) is 8.29. The van der Waals surface area contributed by atoms with E-state index in [9.17, 15) is 23.2 Å². The Labute approximate surface area is 162 Å². The maximum atomic E-state index is 13.5. The molecule has 7 nitrogen and oxygen atoms in total. The predicted octanol–water partition coefficient (Wildman–Crippen LogP) is 1.73. The summed E-state index contributed by atoms with van der Waals surface area (Å²) in [7, 11) is 1.36. The maximum absolute atomic E-state index is 13.5. The second kappa shape index (κ2) is 8.26. The zero-order valence-electron chi connectivity index (χ0n) is 14.7. The van der Waals surface area contributed by atoms with E-state index in [2.05, 4.69) is 15.6 Å². The normalized spacial score (nSPS) is 12.0. The number of likely N-dealkylation sites (N-methyl/N-ethyl adjacent to an activating group) is 1. The van der Waals surface area contributed by atoms with E-state index in [0.29, 0.717) is 10.2 Å². The van der Waals surface area contributed by atoms with Gasteiger partial charge in [0.05, 0.1) is 11.7 Å². The van der Waals surface area contributed by atoms with Crippen LogP contribution in [0, 0.1) is 11.6 Å². The molecule has 1 aromatic carbocycles. The van der Waals surface area contributed by atoms with E-state index in [0.717, 1.165) is 12.1 Å². The van der Waals surface area contributed by atoms with Crippen LogP contribution in [0.25, 0.3) is 10.2 Å². The molecule has 0 aliphatic heterocycles. The predicted molar refractivity (Wildman–Crippen MR) is 99.8 cm³/mol. The number of nitrogens with one attached hydrogen (secondary N) is 2. The monoisotopic (exact) mass is 406 g/mol. The van der Waals surface area contributed by atoms with E-state index in [4.69, 9.17) is 0 Å². The molecule has 2 aromatic heterocycles. The van der Waals surface area contributed by atoms with Crippen LogP contribution in [-0.4, -0.2) is 28.4 Å². The van der Waals surface area contributed by atoms with Crippen LogP contribution in [0.4, 0.5) is 8.78 Å². The second-order valence-corrected chi connectivity index (χ2v) is 6.82. The third-order valence-electron chi connectivity index (χ3n) is 4.12. The number of aromatic nitrogens is 2. The van der Waals surface area contributed by atoms with Crippen molar-refractivity contribution in [3.05, 3.63) is 63.5 Å². The number of rotatable bonds is 6. The largest absolute Gasteiger partial charge is 0.357 e. The van der Waals surface area contributed by atoms with Crippen molar-refractivity contribution in [1.29, 1.82) is 0 Å². The first kappa shape index (κ1) is 19.6. The lowest BCUT2D eigenvalue weighted by Crippen LogP contribution is -2.39. The van der Waals surface area contributed by atoms with Gasteiger partial charge in [0.2, 0.25) is 11.8 Å². The Morgan fingerprint density at radius 1 is 1.25 bits per heavy atom. The Morgan fingerprint density at radius 2 is 2.04 bits per heavy atom. The molecule has 10 heteroatoms. The molecular formula is C18H16F2N4O3S. The molecule has 3 rings (SSSR count). The van der Waals surface area contributed by atoms with Gasteiger partial charge in [0, 0.05) is 20.0 Å². The van der Waals surface area contributed by atoms with Gasteiger partial charge in [-0.3, -0.25) is 19.0 Å². The minimum absolute atomic E-state index is 0.0572. The summed E-state index contributed by atoms with van der Waals surface area (Å²) in [5, 5.41) is 7.07. The van der Waals surface area contributed by atoms with Gasteiger partial charge in [0.15, 0.2) is 11.6 Å². The van der Waals surface area contributed by atoms with Crippen molar-refractivity contribution in [2.45, 2.75) is 19.0 Å². The van der Waals surface area contributed by atoms with Crippen LogP contribution in [0.1, 0.15) is 18.0 Å². The highest BCUT2D eigenvalue weighted by atomic mass is 32.1. The first-order chi connectivity index (χ1) is 13.4. The molecule has 146 valence electrons. The lowest BCUT2D eigenvalue weighted by molar-refractivity contribution is -0.129. The van der Waals surface area contributed by atoms with Gasteiger partial charge in [-0.15, -0.1) is 11.3 Å². The smallest absolute Gasteiger partial charge is 0.262 e. The van der Waals surface area contributed by atoms with Crippen LogP contribution in [0.3, 0.4) is 0 Å². The Kier molecular flexibility index (Phi) is 5.78. The number of hydrogen-bond acceptors (Lipinski definition) is 5. The summed E-state index contributed by atoms with van der Waals surface area (Å²) in [5.74, 6) is -3.29. The number of carbonyl (C=O) groups excluding carboxylic acids is 2.